The van der Waals surface area contributed by atoms with Crippen molar-refractivity contribution >= 4 is 16.7 Å². The molecule has 3 aromatic rings. The number of carbonyl (C=O) groups is 1. The van der Waals surface area contributed by atoms with Gasteiger partial charge in [0.2, 0.25) is 5.88 Å². The quantitative estimate of drug-likeness (QED) is 0.803. The van der Waals surface area contributed by atoms with Crippen LogP contribution in [0.25, 0.3) is 10.8 Å². The zero-order valence-electron chi connectivity index (χ0n) is 12.2. The number of nitrogens with one attached hydrogen (secondary N) is 1. The fourth-order valence-corrected chi connectivity index (χ4v) is 2.35. The summed E-state index contributed by atoms with van der Waals surface area (Å²) in [5.41, 5.74) is 1.49. The molecule has 1 N–H and O–H groups in total. The number of hydrogen-bond acceptors (Lipinski definition) is 3. The van der Waals surface area contributed by atoms with Gasteiger partial charge in [-0.3, -0.25) is 4.79 Å². The maximum Gasteiger partial charge on any atom is 0.257 e. The van der Waals surface area contributed by atoms with Crippen LogP contribution in [-0.2, 0) is 6.54 Å². The van der Waals surface area contributed by atoms with Crippen molar-refractivity contribution in [2.24, 2.45) is 0 Å². The molecule has 3 rings (SSSR count). The van der Waals surface area contributed by atoms with Crippen molar-refractivity contribution in [3.05, 3.63) is 71.9 Å². The Morgan fingerprint density at radius 2 is 1.91 bits per heavy atom. The van der Waals surface area contributed by atoms with Crippen LogP contribution in [0.15, 0.2) is 60.8 Å². The van der Waals surface area contributed by atoms with Gasteiger partial charge < -0.3 is 10.1 Å². The lowest BCUT2D eigenvalue weighted by Crippen LogP contribution is -2.23. The molecule has 0 saturated heterocycles. The third-order valence-electron chi connectivity index (χ3n) is 3.48. The van der Waals surface area contributed by atoms with Crippen LogP contribution in [-0.4, -0.2) is 18.0 Å². The highest BCUT2D eigenvalue weighted by molar-refractivity contribution is 5.96. The van der Waals surface area contributed by atoms with Crippen molar-refractivity contribution < 1.29 is 9.53 Å². The van der Waals surface area contributed by atoms with E-state index < -0.39 is 0 Å². The van der Waals surface area contributed by atoms with Gasteiger partial charge in [0.25, 0.3) is 5.91 Å². The molecule has 0 aliphatic rings. The van der Waals surface area contributed by atoms with Crippen LogP contribution in [0.5, 0.6) is 5.88 Å². The fraction of sp³-hybridized carbons (Fsp3) is 0.111. The van der Waals surface area contributed by atoms with Gasteiger partial charge in [-0.2, -0.15) is 0 Å². The first-order valence-corrected chi connectivity index (χ1v) is 7.03. The van der Waals surface area contributed by atoms with Gasteiger partial charge in [-0.1, -0.05) is 36.4 Å². The molecule has 22 heavy (non-hydrogen) atoms. The lowest BCUT2D eigenvalue weighted by Gasteiger charge is -2.09. The molecule has 1 aromatic heterocycles. The van der Waals surface area contributed by atoms with E-state index in [-0.39, 0.29) is 5.91 Å². The Labute approximate surface area is 128 Å². The van der Waals surface area contributed by atoms with Gasteiger partial charge in [0.1, 0.15) is 5.56 Å². The zero-order chi connectivity index (χ0) is 15.4. The summed E-state index contributed by atoms with van der Waals surface area (Å²) < 4.78 is 5.10. The van der Waals surface area contributed by atoms with Gasteiger partial charge in [0.15, 0.2) is 0 Å². The molecule has 2 aromatic carbocycles. The monoisotopic (exact) mass is 292 g/mol. The van der Waals surface area contributed by atoms with Crippen molar-refractivity contribution in [2.45, 2.75) is 6.54 Å². The van der Waals surface area contributed by atoms with Crippen LogP contribution in [0.3, 0.4) is 0 Å². The highest BCUT2D eigenvalue weighted by Gasteiger charge is 2.12. The second kappa shape index (κ2) is 6.26. The summed E-state index contributed by atoms with van der Waals surface area (Å²) >= 11 is 0. The second-order valence-corrected chi connectivity index (χ2v) is 4.92. The summed E-state index contributed by atoms with van der Waals surface area (Å²) in [5, 5.41) is 5.24. The lowest BCUT2D eigenvalue weighted by atomic mass is 10.1. The van der Waals surface area contributed by atoms with Gasteiger partial charge >= 0.3 is 0 Å². The van der Waals surface area contributed by atoms with Crippen molar-refractivity contribution in [3.8, 4) is 5.88 Å². The Kier molecular flexibility index (Phi) is 4.01. The number of pyridine rings is 1. The number of carbonyl (C=O) groups excluding carboxylic acids is 1. The summed E-state index contributed by atoms with van der Waals surface area (Å²) in [6, 6.07) is 17.7. The molecule has 0 bridgehead atoms. The smallest absolute Gasteiger partial charge is 0.257 e. The Morgan fingerprint density at radius 1 is 1.09 bits per heavy atom. The van der Waals surface area contributed by atoms with Crippen LogP contribution in [0.2, 0.25) is 0 Å². The molecule has 0 spiro atoms. The summed E-state index contributed by atoms with van der Waals surface area (Å²) in [5.74, 6) is 0.136. The number of benzene rings is 2. The first-order valence-electron chi connectivity index (χ1n) is 7.03. The van der Waals surface area contributed by atoms with Crippen LogP contribution >= 0.6 is 0 Å². The largest absolute Gasteiger partial charge is 0.480 e. The molecule has 0 aliphatic carbocycles. The number of nitrogens with zero attached hydrogens (tertiary/aromatic N) is 1. The van der Waals surface area contributed by atoms with E-state index in [2.05, 4.69) is 34.6 Å². The summed E-state index contributed by atoms with van der Waals surface area (Å²) in [6.07, 6.45) is 1.60. The lowest BCUT2D eigenvalue weighted by molar-refractivity contribution is 0.0947. The molecule has 0 fully saturated rings. The number of ether oxygens (including phenoxy) is 1. The van der Waals surface area contributed by atoms with E-state index in [0.717, 1.165) is 10.9 Å². The second-order valence-electron chi connectivity index (χ2n) is 4.92. The third kappa shape index (κ3) is 2.91. The van der Waals surface area contributed by atoms with E-state index in [1.165, 1.54) is 12.5 Å². The zero-order valence-corrected chi connectivity index (χ0v) is 12.2. The predicted octanol–water partition coefficient (Wildman–Crippen LogP) is 3.17. The Bertz CT molecular complexity index is 815. The molecule has 1 heterocycles. The van der Waals surface area contributed by atoms with Gasteiger partial charge in [-0.15, -0.1) is 0 Å². The summed E-state index contributed by atoms with van der Waals surface area (Å²) in [4.78, 5) is 16.3. The van der Waals surface area contributed by atoms with Crippen LogP contribution in [0.4, 0.5) is 0 Å². The minimum atomic E-state index is -0.196. The standard InChI is InChI=1S/C18H16N2O2/c1-22-18-16(7-4-10-19-18)17(21)20-12-13-8-9-14-5-2-3-6-15(14)11-13/h2-11H,12H2,1H3,(H,20,21). The predicted molar refractivity (Wildman–Crippen MR) is 85.9 cm³/mol. The SMILES string of the molecule is COc1ncccc1C(=O)NCc1ccc2ccccc2c1. The van der Waals surface area contributed by atoms with E-state index in [1.54, 1.807) is 18.3 Å². The Hall–Kier alpha value is -2.88. The highest BCUT2D eigenvalue weighted by Crippen LogP contribution is 2.16. The molecule has 1 amide bonds. The van der Waals surface area contributed by atoms with Crippen LogP contribution in [0, 0.1) is 0 Å². The fourth-order valence-electron chi connectivity index (χ4n) is 2.35. The molecule has 4 nitrogen and oxygen atoms in total. The number of fused-ring (bicyclic) bond motifs is 1. The van der Waals surface area contributed by atoms with E-state index in [1.807, 2.05) is 18.2 Å². The number of rotatable bonds is 4. The number of aromatic nitrogens is 1. The van der Waals surface area contributed by atoms with Gasteiger partial charge in [0, 0.05) is 12.7 Å². The molecule has 4 heteroatoms. The van der Waals surface area contributed by atoms with Crippen molar-refractivity contribution in [3.63, 3.8) is 0 Å². The number of methoxy groups -OCH3 is 1. The van der Waals surface area contributed by atoms with E-state index in [9.17, 15) is 4.79 Å². The Balaban J connectivity index is 1.74. The average molecular weight is 292 g/mol. The third-order valence-corrected chi connectivity index (χ3v) is 3.48. The Morgan fingerprint density at radius 3 is 2.73 bits per heavy atom. The van der Waals surface area contributed by atoms with Crippen LogP contribution < -0.4 is 10.1 Å². The first-order chi connectivity index (χ1) is 10.8. The number of amides is 1. The number of hydrogen-bond donors (Lipinski definition) is 1. The van der Waals surface area contributed by atoms with Gasteiger partial charge in [-0.25, -0.2) is 4.98 Å². The maximum absolute atomic E-state index is 12.2. The average Bonchev–Trinajstić information content (AvgIpc) is 2.59. The topological polar surface area (TPSA) is 51.2 Å². The van der Waals surface area contributed by atoms with E-state index in [0.29, 0.717) is 18.0 Å². The minimum absolute atomic E-state index is 0.196. The molecule has 0 radical (unpaired) electrons. The molecule has 0 aliphatic heterocycles. The normalized spacial score (nSPS) is 10.4. The van der Waals surface area contributed by atoms with Crippen LogP contribution in [0.1, 0.15) is 15.9 Å². The van der Waals surface area contributed by atoms with E-state index in [4.69, 9.17) is 4.74 Å². The van der Waals surface area contributed by atoms with Gasteiger partial charge in [-0.05, 0) is 34.5 Å². The molecule has 0 unspecified atom stereocenters. The molecular formula is C18H16N2O2. The van der Waals surface area contributed by atoms with Crippen molar-refractivity contribution in [1.29, 1.82) is 0 Å². The molecular weight excluding hydrogens is 276 g/mol. The highest BCUT2D eigenvalue weighted by atomic mass is 16.5. The summed E-state index contributed by atoms with van der Waals surface area (Å²) in [6.45, 7) is 0.460. The van der Waals surface area contributed by atoms with E-state index >= 15 is 0 Å². The van der Waals surface area contributed by atoms with Gasteiger partial charge in [0.05, 0.1) is 7.11 Å². The van der Waals surface area contributed by atoms with Crippen molar-refractivity contribution in [1.82, 2.24) is 10.3 Å². The van der Waals surface area contributed by atoms with Crippen molar-refractivity contribution in [2.75, 3.05) is 7.11 Å². The molecule has 0 atom stereocenters. The summed E-state index contributed by atoms with van der Waals surface area (Å²) in [7, 11) is 1.50. The first kappa shape index (κ1) is 14.1. The molecule has 110 valence electrons. The minimum Gasteiger partial charge on any atom is -0.480 e. The molecule has 0 saturated carbocycles. The maximum atomic E-state index is 12.2.